The summed E-state index contributed by atoms with van der Waals surface area (Å²) in [7, 11) is 0. The van der Waals surface area contributed by atoms with Gasteiger partial charge in [-0.1, -0.05) is 462 Å². The van der Waals surface area contributed by atoms with Gasteiger partial charge in [-0.15, -0.1) is 0 Å². The van der Waals surface area contributed by atoms with Crippen molar-refractivity contribution in [1.82, 2.24) is 0 Å². The molecule has 0 bridgehead atoms. The first-order valence-corrected chi connectivity index (χ1v) is 43.9. The fourth-order valence-electron chi connectivity index (χ4n) is 14.1. The van der Waals surface area contributed by atoms with Crippen LogP contribution in [0.2, 0.25) is 0 Å². The second-order valence-electron chi connectivity index (χ2n) is 30.3. The van der Waals surface area contributed by atoms with Crippen molar-refractivity contribution in [3.8, 4) is 0 Å². The summed E-state index contributed by atoms with van der Waals surface area (Å²) in [5.74, 6) is -0.557. The molecule has 0 amide bonds. The molecule has 0 aliphatic rings. The van der Waals surface area contributed by atoms with Crippen molar-refractivity contribution >= 4 is 11.9 Å². The second-order valence-corrected chi connectivity index (χ2v) is 30.3. The lowest BCUT2D eigenvalue weighted by Crippen LogP contribution is -2.28. The number of carbonyl (C=O) groups is 2. The third-order valence-corrected chi connectivity index (χ3v) is 20.7. The molecule has 0 rings (SSSR count). The predicted molar refractivity (Wildman–Crippen MR) is 418 cm³/mol. The molecular formula is C89H172O5. The zero-order valence-electron chi connectivity index (χ0n) is 64.5. The molecule has 1 atom stereocenters. The van der Waals surface area contributed by atoms with E-state index in [2.05, 4.69) is 38.2 Å². The second kappa shape index (κ2) is 85.6. The number of allylic oxidation sites excluding steroid dienone is 4. The quantitative estimate of drug-likeness (QED) is 0.0373. The van der Waals surface area contributed by atoms with E-state index in [0.29, 0.717) is 12.8 Å². The number of unbranched alkanes of at least 4 members (excludes halogenated alkanes) is 72. The molecule has 0 aliphatic carbocycles. The van der Waals surface area contributed by atoms with Gasteiger partial charge in [0.1, 0.15) is 6.61 Å². The summed E-state index contributed by atoms with van der Waals surface area (Å²) in [4.78, 5) is 24.8. The number of hydrogen-bond acceptors (Lipinski definition) is 5. The zero-order valence-corrected chi connectivity index (χ0v) is 64.5. The summed E-state index contributed by atoms with van der Waals surface area (Å²) in [6.45, 7) is 4.22. The van der Waals surface area contributed by atoms with E-state index in [0.717, 1.165) is 32.1 Å². The van der Waals surface area contributed by atoms with Crippen LogP contribution in [0.1, 0.15) is 515 Å². The van der Waals surface area contributed by atoms with Crippen LogP contribution in [0.4, 0.5) is 0 Å². The molecule has 94 heavy (non-hydrogen) atoms. The maximum absolute atomic E-state index is 12.4. The maximum Gasteiger partial charge on any atom is 0.306 e. The zero-order chi connectivity index (χ0) is 67.5. The minimum Gasteiger partial charge on any atom is -0.462 e. The predicted octanol–water partition coefficient (Wildman–Crippen LogP) is 31.0. The van der Waals surface area contributed by atoms with E-state index in [1.807, 2.05) is 0 Å². The van der Waals surface area contributed by atoms with Crippen LogP contribution in [-0.2, 0) is 19.1 Å². The van der Waals surface area contributed by atoms with Gasteiger partial charge in [-0.25, -0.2) is 0 Å². The summed E-state index contributed by atoms with van der Waals surface area (Å²) < 4.78 is 10.8. The molecule has 0 heterocycles. The van der Waals surface area contributed by atoms with Gasteiger partial charge in [0, 0.05) is 12.8 Å². The van der Waals surface area contributed by atoms with Crippen molar-refractivity contribution in [3.05, 3.63) is 24.3 Å². The molecule has 0 aromatic rings. The summed E-state index contributed by atoms with van der Waals surface area (Å²) in [6.07, 6.45) is 115. The maximum atomic E-state index is 12.4. The molecule has 0 saturated carbocycles. The van der Waals surface area contributed by atoms with E-state index in [4.69, 9.17) is 9.47 Å². The normalized spacial score (nSPS) is 12.2. The average Bonchev–Trinajstić information content (AvgIpc) is 3.77. The van der Waals surface area contributed by atoms with Crippen LogP contribution in [-0.4, -0.2) is 36.4 Å². The minimum absolute atomic E-state index is 0.0566. The molecule has 0 aliphatic heterocycles. The molecule has 5 heteroatoms. The molecule has 0 aromatic heterocycles. The van der Waals surface area contributed by atoms with Crippen molar-refractivity contribution in [2.24, 2.45) is 0 Å². The minimum atomic E-state index is -0.769. The monoisotopic (exact) mass is 1320 g/mol. The van der Waals surface area contributed by atoms with Gasteiger partial charge in [0.05, 0.1) is 6.61 Å². The Balaban J connectivity index is 3.33. The van der Waals surface area contributed by atoms with Crippen LogP contribution in [0.5, 0.6) is 0 Å². The molecule has 0 radical (unpaired) electrons. The fourth-order valence-corrected chi connectivity index (χ4v) is 14.1. The largest absolute Gasteiger partial charge is 0.462 e. The van der Waals surface area contributed by atoms with Gasteiger partial charge < -0.3 is 14.6 Å². The lowest BCUT2D eigenvalue weighted by atomic mass is 10.0. The molecule has 1 N–H and O–H groups in total. The molecular weight excluding hydrogens is 1150 g/mol. The van der Waals surface area contributed by atoms with Crippen LogP contribution < -0.4 is 0 Å². The van der Waals surface area contributed by atoms with Gasteiger partial charge >= 0.3 is 11.9 Å². The summed E-state index contributed by atoms with van der Waals surface area (Å²) in [5, 5.41) is 9.74. The van der Waals surface area contributed by atoms with Crippen molar-refractivity contribution in [3.63, 3.8) is 0 Å². The average molecular weight is 1320 g/mol. The Bertz CT molecular complexity index is 1450. The molecule has 1 unspecified atom stereocenters. The van der Waals surface area contributed by atoms with Crippen molar-refractivity contribution in [2.45, 2.75) is 521 Å². The molecule has 0 spiro atoms. The van der Waals surface area contributed by atoms with Crippen LogP contribution in [0.3, 0.4) is 0 Å². The number of hydrogen-bond donors (Lipinski definition) is 1. The van der Waals surface area contributed by atoms with E-state index in [9.17, 15) is 14.7 Å². The van der Waals surface area contributed by atoms with E-state index < -0.39 is 6.10 Å². The third kappa shape index (κ3) is 82.8. The van der Waals surface area contributed by atoms with Gasteiger partial charge in [0.2, 0.25) is 0 Å². The number of rotatable bonds is 84. The smallest absolute Gasteiger partial charge is 0.306 e. The lowest BCUT2D eigenvalue weighted by Gasteiger charge is -2.15. The Morgan fingerprint density at radius 1 is 0.234 bits per heavy atom. The highest BCUT2D eigenvalue weighted by Crippen LogP contribution is 2.21. The first-order valence-electron chi connectivity index (χ1n) is 43.9. The molecule has 558 valence electrons. The highest BCUT2D eigenvalue weighted by atomic mass is 16.6. The number of ether oxygens (including phenoxy) is 2. The SMILES string of the molecule is CCCCCCCCCC/C=C\CCCCCCCCCCCCCCCCCCCCCCCCCCCCCCCC(=O)OC(CO)COC(=O)CCCCCCCCCCCCCCCCCCCCCCCCCCCCC/C=C\CCCCCCCCCC. The van der Waals surface area contributed by atoms with Crippen molar-refractivity contribution < 1.29 is 24.2 Å². The van der Waals surface area contributed by atoms with Gasteiger partial charge in [-0.2, -0.15) is 0 Å². The molecule has 0 fully saturated rings. The van der Waals surface area contributed by atoms with Gasteiger partial charge in [-0.05, 0) is 64.2 Å². The molecule has 0 aromatic carbocycles. The molecule has 5 nitrogen and oxygen atoms in total. The Hall–Kier alpha value is -1.62. The van der Waals surface area contributed by atoms with E-state index in [1.54, 1.807) is 0 Å². The first-order chi connectivity index (χ1) is 46.6. The fraction of sp³-hybridized carbons (Fsp3) is 0.933. The van der Waals surface area contributed by atoms with Crippen LogP contribution in [0.15, 0.2) is 24.3 Å². The summed E-state index contributed by atoms with van der Waals surface area (Å²) in [5.41, 5.74) is 0. The Morgan fingerprint density at radius 3 is 0.574 bits per heavy atom. The van der Waals surface area contributed by atoms with Gasteiger partial charge in [0.15, 0.2) is 6.10 Å². The summed E-state index contributed by atoms with van der Waals surface area (Å²) >= 11 is 0. The lowest BCUT2D eigenvalue weighted by molar-refractivity contribution is -0.161. The van der Waals surface area contributed by atoms with Gasteiger partial charge in [0.25, 0.3) is 0 Å². The highest BCUT2D eigenvalue weighted by molar-refractivity contribution is 5.70. The van der Waals surface area contributed by atoms with Crippen LogP contribution >= 0.6 is 0 Å². The number of esters is 2. The number of carbonyl (C=O) groups excluding carboxylic acids is 2. The topological polar surface area (TPSA) is 72.8 Å². The van der Waals surface area contributed by atoms with E-state index in [-0.39, 0.29) is 25.2 Å². The summed E-state index contributed by atoms with van der Waals surface area (Å²) in [6, 6.07) is 0. The first kappa shape index (κ1) is 92.4. The number of aliphatic hydroxyl groups is 1. The Morgan fingerprint density at radius 2 is 0.394 bits per heavy atom. The van der Waals surface area contributed by atoms with Crippen LogP contribution in [0.25, 0.3) is 0 Å². The molecule has 0 saturated heterocycles. The van der Waals surface area contributed by atoms with Crippen molar-refractivity contribution in [1.29, 1.82) is 0 Å². The third-order valence-electron chi connectivity index (χ3n) is 20.7. The van der Waals surface area contributed by atoms with Crippen molar-refractivity contribution in [2.75, 3.05) is 13.2 Å². The standard InChI is InChI=1S/C89H172O5/c1-3-5-7-9-11-13-15-17-19-21-23-25-27-29-31-33-35-37-39-41-43-44-46-48-50-52-54-56-58-60-62-64-66-68-70-72-74-76-78-80-82-84-89(92)94-87(85-90)86-93-88(91)83-81-79-77-75-73-71-69-67-65-63-61-59-57-55-53-51-49-47-45-42-40-38-36-34-32-30-28-26-24-22-20-18-16-14-12-10-8-6-4-2/h21-24,87,90H,3-20,25-86H2,1-2H3/b23-21-,24-22-. The van der Waals surface area contributed by atoms with Crippen LogP contribution in [0, 0.1) is 0 Å². The Kier molecular flexibility index (Phi) is 84.1. The van der Waals surface area contributed by atoms with Gasteiger partial charge in [-0.3, -0.25) is 9.59 Å². The Labute approximate surface area is 591 Å². The highest BCUT2D eigenvalue weighted by Gasteiger charge is 2.16. The van der Waals surface area contributed by atoms with E-state index >= 15 is 0 Å². The number of aliphatic hydroxyl groups excluding tert-OH is 1. The van der Waals surface area contributed by atoms with E-state index in [1.165, 1.54) is 456 Å².